The van der Waals surface area contributed by atoms with E-state index in [2.05, 4.69) is 0 Å². The number of nitrogens with two attached hydrogens (primary N) is 1. The monoisotopic (exact) mass is 270 g/mol. The van der Waals surface area contributed by atoms with Gasteiger partial charge in [0.15, 0.2) is 6.61 Å². The van der Waals surface area contributed by atoms with Crippen LogP contribution in [0.1, 0.15) is 12.5 Å². The van der Waals surface area contributed by atoms with Crippen molar-refractivity contribution < 1.29 is 9.53 Å². The molecule has 1 aromatic carbocycles. The zero-order valence-electron chi connectivity index (χ0n) is 10.9. The van der Waals surface area contributed by atoms with Crippen LogP contribution in [0.5, 0.6) is 5.75 Å². The highest BCUT2D eigenvalue weighted by Crippen LogP contribution is 2.29. The molecule has 0 saturated carbocycles. The molecule has 0 aliphatic carbocycles. The molecule has 18 heavy (non-hydrogen) atoms. The molecule has 1 aromatic rings. The number of halogens is 1. The lowest BCUT2D eigenvalue weighted by Gasteiger charge is -2.16. The molecule has 0 aliphatic heterocycles. The number of carbonyl (C=O) groups excluding carboxylic acids is 1. The highest BCUT2D eigenvalue weighted by molar-refractivity contribution is 6.32. The topological polar surface area (TPSA) is 55.6 Å². The van der Waals surface area contributed by atoms with Gasteiger partial charge < -0.3 is 15.4 Å². The van der Waals surface area contributed by atoms with Crippen molar-refractivity contribution in [3.05, 3.63) is 28.8 Å². The Balaban J connectivity index is 2.82. The van der Waals surface area contributed by atoms with Gasteiger partial charge in [0.1, 0.15) is 5.75 Å². The molecule has 1 atom stereocenters. The largest absolute Gasteiger partial charge is 0.482 e. The van der Waals surface area contributed by atoms with E-state index in [-0.39, 0.29) is 18.6 Å². The lowest BCUT2D eigenvalue weighted by Crippen LogP contribution is -2.28. The first-order valence-corrected chi connectivity index (χ1v) is 6.15. The van der Waals surface area contributed by atoms with Crippen molar-refractivity contribution in [3.8, 4) is 5.75 Å². The molecule has 1 rings (SSSR count). The highest BCUT2D eigenvalue weighted by atomic mass is 35.5. The Morgan fingerprint density at radius 1 is 1.50 bits per heavy atom. The Morgan fingerprint density at radius 2 is 2.17 bits per heavy atom. The van der Waals surface area contributed by atoms with Gasteiger partial charge in [0.25, 0.3) is 5.91 Å². The fourth-order valence-electron chi connectivity index (χ4n) is 1.49. The minimum Gasteiger partial charge on any atom is -0.482 e. The van der Waals surface area contributed by atoms with Crippen molar-refractivity contribution in [2.45, 2.75) is 19.4 Å². The zero-order valence-corrected chi connectivity index (χ0v) is 11.7. The van der Waals surface area contributed by atoms with Crippen molar-refractivity contribution >= 4 is 17.5 Å². The summed E-state index contributed by atoms with van der Waals surface area (Å²) in [5.41, 5.74) is 6.69. The summed E-state index contributed by atoms with van der Waals surface area (Å²) in [4.78, 5) is 13.0. The molecule has 0 spiro atoms. The van der Waals surface area contributed by atoms with Crippen molar-refractivity contribution in [2.24, 2.45) is 5.73 Å². The van der Waals surface area contributed by atoms with E-state index in [1.807, 2.05) is 19.1 Å². The third-order valence-electron chi connectivity index (χ3n) is 2.43. The van der Waals surface area contributed by atoms with Gasteiger partial charge in [0.05, 0.1) is 5.02 Å². The number of hydrogen-bond acceptors (Lipinski definition) is 3. The highest BCUT2D eigenvalue weighted by Gasteiger charge is 2.12. The molecule has 1 unspecified atom stereocenters. The van der Waals surface area contributed by atoms with E-state index in [4.69, 9.17) is 22.1 Å². The van der Waals surface area contributed by atoms with Crippen LogP contribution in [0.4, 0.5) is 0 Å². The number of rotatable bonds is 5. The lowest BCUT2D eigenvalue weighted by atomic mass is 10.1. The molecule has 0 aromatic heterocycles. The molecular formula is C13H19ClN2O2. The van der Waals surface area contributed by atoms with Gasteiger partial charge in [0, 0.05) is 20.1 Å². The maximum absolute atomic E-state index is 11.5. The van der Waals surface area contributed by atoms with Gasteiger partial charge in [-0.25, -0.2) is 0 Å². The Hall–Kier alpha value is -1.26. The zero-order chi connectivity index (χ0) is 13.7. The van der Waals surface area contributed by atoms with Gasteiger partial charge in [-0.05, 0) is 25.0 Å². The van der Waals surface area contributed by atoms with E-state index >= 15 is 0 Å². The predicted octanol–water partition coefficient (Wildman–Crippen LogP) is 1.70. The molecule has 4 nitrogen and oxygen atoms in total. The van der Waals surface area contributed by atoms with Crippen LogP contribution >= 0.6 is 11.6 Å². The summed E-state index contributed by atoms with van der Waals surface area (Å²) in [6, 6.07) is 5.50. The number of likely N-dealkylation sites (N-methyl/N-ethyl adjacent to an activating group) is 1. The van der Waals surface area contributed by atoms with Gasteiger partial charge in [0.2, 0.25) is 0 Å². The summed E-state index contributed by atoms with van der Waals surface area (Å²) in [5, 5.41) is 0.500. The first-order valence-electron chi connectivity index (χ1n) is 5.77. The molecule has 0 bridgehead atoms. The van der Waals surface area contributed by atoms with E-state index < -0.39 is 0 Å². The minimum atomic E-state index is -0.110. The number of hydrogen-bond donors (Lipinski definition) is 1. The SMILES string of the molecule is CC(N)Cc1cccc(Cl)c1OCC(=O)N(C)C. The van der Waals surface area contributed by atoms with Gasteiger partial charge in [-0.3, -0.25) is 4.79 Å². The molecule has 0 radical (unpaired) electrons. The molecule has 0 saturated heterocycles. The molecule has 1 amide bonds. The summed E-state index contributed by atoms with van der Waals surface area (Å²) in [6.45, 7) is 1.89. The fourth-order valence-corrected chi connectivity index (χ4v) is 1.73. The second-order valence-electron chi connectivity index (χ2n) is 4.49. The van der Waals surface area contributed by atoms with Gasteiger partial charge in [-0.15, -0.1) is 0 Å². The maximum atomic E-state index is 11.5. The molecule has 0 fully saturated rings. The molecule has 0 heterocycles. The smallest absolute Gasteiger partial charge is 0.259 e. The van der Waals surface area contributed by atoms with Gasteiger partial charge in [-0.1, -0.05) is 23.7 Å². The first kappa shape index (κ1) is 14.8. The number of nitrogens with zero attached hydrogens (tertiary/aromatic N) is 1. The maximum Gasteiger partial charge on any atom is 0.259 e. The van der Waals surface area contributed by atoms with Crippen LogP contribution in [-0.2, 0) is 11.2 Å². The average molecular weight is 271 g/mol. The number of carbonyl (C=O) groups is 1. The van der Waals surface area contributed by atoms with Crippen molar-refractivity contribution in [1.82, 2.24) is 4.90 Å². The van der Waals surface area contributed by atoms with E-state index in [1.165, 1.54) is 4.90 Å². The summed E-state index contributed by atoms with van der Waals surface area (Å²) < 4.78 is 5.51. The van der Waals surface area contributed by atoms with Gasteiger partial charge >= 0.3 is 0 Å². The Labute approximate surface area is 113 Å². The third-order valence-corrected chi connectivity index (χ3v) is 2.73. The first-order chi connectivity index (χ1) is 8.41. The van der Waals surface area contributed by atoms with Gasteiger partial charge in [-0.2, -0.15) is 0 Å². The van der Waals surface area contributed by atoms with Crippen molar-refractivity contribution in [1.29, 1.82) is 0 Å². The van der Waals surface area contributed by atoms with Crippen molar-refractivity contribution in [3.63, 3.8) is 0 Å². The fraction of sp³-hybridized carbons (Fsp3) is 0.462. The molecule has 5 heteroatoms. The van der Waals surface area contributed by atoms with Crippen molar-refractivity contribution in [2.75, 3.05) is 20.7 Å². The summed E-state index contributed by atoms with van der Waals surface area (Å²) >= 11 is 6.09. The summed E-state index contributed by atoms with van der Waals surface area (Å²) in [5.74, 6) is 0.438. The molecular weight excluding hydrogens is 252 g/mol. The molecule has 2 N–H and O–H groups in total. The van der Waals surface area contributed by atoms with E-state index in [9.17, 15) is 4.79 Å². The predicted molar refractivity (Wildman–Crippen MR) is 73.0 cm³/mol. The standard InChI is InChI=1S/C13H19ClN2O2/c1-9(15)7-10-5-4-6-11(14)13(10)18-8-12(17)16(2)3/h4-6,9H,7-8,15H2,1-3H3. The number of para-hydroxylation sites is 1. The Morgan fingerprint density at radius 3 is 2.72 bits per heavy atom. The number of amides is 1. The summed E-state index contributed by atoms with van der Waals surface area (Å²) in [6.07, 6.45) is 0.659. The van der Waals surface area contributed by atoms with E-state index in [1.54, 1.807) is 20.2 Å². The van der Waals surface area contributed by atoms with Crippen LogP contribution in [0.2, 0.25) is 5.02 Å². The van der Waals surface area contributed by atoms with Crippen LogP contribution in [0.25, 0.3) is 0 Å². The second-order valence-corrected chi connectivity index (χ2v) is 4.89. The van der Waals surface area contributed by atoms with Crippen LogP contribution < -0.4 is 10.5 Å². The third kappa shape index (κ3) is 4.20. The van der Waals surface area contributed by atoms with E-state index in [0.29, 0.717) is 17.2 Å². The number of benzene rings is 1. The van der Waals surface area contributed by atoms with Crippen LogP contribution in [0.15, 0.2) is 18.2 Å². The number of ether oxygens (including phenoxy) is 1. The van der Waals surface area contributed by atoms with Crippen LogP contribution in [-0.4, -0.2) is 37.6 Å². The van der Waals surface area contributed by atoms with Crippen LogP contribution in [0, 0.1) is 0 Å². The van der Waals surface area contributed by atoms with E-state index in [0.717, 1.165) is 5.56 Å². The summed E-state index contributed by atoms with van der Waals surface area (Å²) in [7, 11) is 3.36. The Kier molecular flexibility index (Phi) is 5.44. The lowest BCUT2D eigenvalue weighted by molar-refractivity contribution is -0.130. The quantitative estimate of drug-likeness (QED) is 0.886. The normalized spacial score (nSPS) is 12.1. The Bertz CT molecular complexity index is 419. The molecule has 0 aliphatic rings. The molecule has 100 valence electrons. The van der Waals surface area contributed by atoms with Crippen LogP contribution in [0.3, 0.4) is 0 Å². The second kappa shape index (κ2) is 6.61. The minimum absolute atomic E-state index is 0.00960. The average Bonchev–Trinajstić information content (AvgIpc) is 2.27.